The molecule has 0 radical (unpaired) electrons. The van der Waals surface area contributed by atoms with Crippen LogP contribution in [-0.4, -0.2) is 98.7 Å². The Balaban J connectivity index is 0.000000210. The molecule has 4 saturated carbocycles. The zero-order valence-corrected chi connectivity index (χ0v) is 50.5. The number of benzene rings is 2. The minimum absolute atomic E-state index is 0. The van der Waals surface area contributed by atoms with Crippen molar-refractivity contribution in [1.29, 1.82) is 0 Å². The molecule has 12 rings (SSSR count). The summed E-state index contributed by atoms with van der Waals surface area (Å²) < 4.78 is 95.9. The fourth-order valence-corrected chi connectivity index (χ4v) is 12.4. The molecule has 2 unspecified atom stereocenters. The van der Waals surface area contributed by atoms with Crippen molar-refractivity contribution in [2.45, 2.75) is 160 Å². The van der Waals surface area contributed by atoms with Gasteiger partial charge < -0.3 is 39.5 Å². The number of methoxy groups -OCH3 is 2. The maximum atomic E-state index is 13.4. The molecule has 2 saturated heterocycles. The Bertz CT molecular complexity index is 3240. The van der Waals surface area contributed by atoms with Crippen LogP contribution in [0.3, 0.4) is 0 Å². The number of pyridine rings is 2. The molecule has 4 aromatic heterocycles. The van der Waals surface area contributed by atoms with Crippen molar-refractivity contribution in [3.63, 3.8) is 0 Å². The van der Waals surface area contributed by atoms with E-state index in [1.165, 1.54) is 45.6 Å². The predicted molar refractivity (Wildman–Crippen MR) is 292 cm³/mol. The number of rotatable bonds is 18. The van der Waals surface area contributed by atoms with Crippen molar-refractivity contribution in [1.82, 2.24) is 23.7 Å². The number of aromatic nitrogens is 4. The Morgan fingerprint density at radius 2 is 1.02 bits per heavy atom. The number of ether oxygens (including phenoxy) is 7. The summed E-state index contributed by atoms with van der Waals surface area (Å²) in [6.07, 6.45) is 20.9. The van der Waals surface area contributed by atoms with Gasteiger partial charge in [-0.15, -0.1) is 12.4 Å². The van der Waals surface area contributed by atoms with Gasteiger partial charge in [0.15, 0.2) is 11.6 Å². The SMILES string of the molecule is COc1cc(-c2cnc3cc(OC4C[C@H]5CC[C@@H](C4)C5)ccn23)cc(OC(F)F)c1C(=O)CC1CC1.COc1cc(-c2cnc3cc(OC4C[C@H]5CC[C@@H](C4)N5C(=O)OC(C)(C)C)ccn23)cc(OC(F)F)c1C(=O)CC1CC1.Cl.[H-].[K+]. The first-order chi connectivity index (χ1) is 37.9. The molecule has 1 amide bonds. The smallest absolute Gasteiger partial charge is 1.00 e. The quantitative estimate of drug-likeness (QED) is 0.0457. The van der Waals surface area contributed by atoms with Crippen LogP contribution in [0.1, 0.15) is 139 Å². The van der Waals surface area contributed by atoms with E-state index in [0.29, 0.717) is 51.9 Å². The molecular weight excluding hydrogens is 1100 g/mol. The molecule has 4 bridgehead atoms. The zero-order chi connectivity index (χ0) is 55.3. The molecule has 6 aliphatic rings. The number of amides is 1. The van der Waals surface area contributed by atoms with Crippen LogP contribution in [-0.2, 0) is 4.74 Å². The number of hydrogen-bond donors (Lipinski definition) is 0. The third-order valence-corrected chi connectivity index (χ3v) is 16.2. The van der Waals surface area contributed by atoms with Crippen LogP contribution < -0.4 is 79.8 Å². The van der Waals surface area contributed by atoms with Crippen molar-refractivity contribution in [3.05, 3.63) is 84.4 Å². The number of carbonyl (C=O) groups is 3. The van der Waals surface area contributed by atoms with Gasteiger partial charge in [-0.2, -0.15) is 17.6 Å². The van der Waals surface area contributed by atoms with Crippen LogP contribution in [0.25, 0.3) is 33.8 Å². The summed E-state index contributed by atoms with van der Waals surface area (Å²) in [6.45, 7) is -0.537. The third-order valence-electron chi connectivity index (χ3n) is 16.2. The average molecular weight is 1170 g/mol. The Labute approximate surface area is 518 Å². The molecule has 6 heterocycles. The fraction of sp³-hybridized carbons (Fsp3) is 0.517. The zero-order valence-electron chi connectivity index (χ0n) is 47.5. The molecule has 0 spiro atoms. The van der Waals surface area contributed by atoms with Gasteiger partial charge in [-0.1, -0.05) is 12.8 Å². The van der Waals surface area contributed by atoms with Crippen LogP contribution in [0.5, 0.6) is 34.5 Å². The number of piperidine rings is 1. The van der Waals surface area contributed by atoms with E-state index < -0.39 is 18.8 Å². The first-order valence-electron chi connectivity index (χ1n) is 27.6. The molecule has 6 aromatic rings. The maximum Gasteiger partial charge on any atom is 1.00 e. The number of Topliss-reactive ketones (excluding diaryl/α,β-unsaturated/α-hetero) is 2. The molecule has 21 heteroatoms. The first-order valence-corrected chi connectivity index (χ1v) is 27.6. The summed E-state index contributed by atoms with van der Waals surface area (Å²) in [5.41, 5.74) is 3.22. The summed E-state index contributed by atoms with van der Waals surface area (Å²) in [4.78, 5) is 49.6. The van der Waals surface area contributed by atoms with Gasteiger partial charge in [-0.3, -0.25) is 18.4 Å². The van der Waals surface area contributed by atoms with Gasteiger partial charge in [0.2, 0.25) is 0 Å². The van der Waals surface area contributed by atoms with Crippen molar-refractivity contribution >= 4 is 41.4 Å². The maximum absolute atomic E-state index is 13.4. The summed E-state index contributed by atoms with van der Waals surface area (Å²) >= 11 is 0. The topological polar surface area (TPSA) is 154 Å². The van der Waals surface area contributed by atoms with Crippen LogP contribution in [0.4, 0.5) is 22.4 Å². The van der Waals surface area contributed by atoms with Gasteiger partial charge in [-0.05, 0) is 139 Å². The Morgan fingerprint density at radius 1 is 0.605 bits per heavy atom. The largest absolute Gasteiger partial charge is 1.00 e. The van der Waals surface area contributed by atoms with E-state index in [2.05, 4.69) is 9.97 Å². The Morgan fingerprint density at radius 3 is 1.42 bits per heavy atom. The minimum Gasteiger partial charge on any atom is -1.00 e. The number of imidazole rings is 2. The van der Waals surface area contributed by atoms with E-state index in [1.54, 1.807) is 24.5 Å². The molecule has 15 nitrogen and oxygen atoms in total. The second-order valence-corrected chi connectivity index (χ2v) is 23.2. The molecule has 6 fully saturated rings. The molecule has 4 aliphatic carbocycles. The molecular formula is C60H69ClF4KN5O10. The van der Waals surface area contributed by atoms with Crippen LogP contribution in [0.15, 0.2) is 73.3 Å². The second-order valence-electron chi connectivity index (χ2n) is 23.2. The van der Waals surface area contributed by atoms with Crippen LogP contribution >= 0.6 is 12.4 Å². The van der Waals surface area contributed by atoms with Crippen molar-refractivity contribution in [2.75, 3.05) is 14.2 Å². The average Bonchev–Trinajstić information content (AvgIpc) is 4.35. The number of ketones is 2. The van der Waals surface area contributed by atoms with Crippen molar-refractivity contribution in [3.8, 4) is 57.0 Å². The molecule has 2 aromatic carbocycles. The number of fused-ring (bicyclic) bond motifs is 6. The Kier molecular flexibility index (Phi) is 19.0. The summed E-state index contributed by atoms with van der Waals surface area (Å²) in [7, 11) is 2.83. The minimum atomic E-state index is -3.10. The first kappa shape index (κ1) is 60.5. The normalized spacial score (nSPS) is 21.9. The number of nitrogens with zero attached hydrogens (tertiary/aromatic N) is 5. The number of halogens is 5. The van der Waals surface area contributed by atoms with Gasteiger partial charge in [0.05, 0.1) is 44.1 Å². The summed E-state index contributed by atoms with van der Waals surface area (Å²) in [5.74, 6) is 3.09. The third kappa shape index (κ3) is 14.1. The Hall–Kier alpha value is -5.12. The number of carbonyl (C=O) groups excluding carboxylic acids is 3. The molecule has 6 atom stereocenters. The standard InChI is InChI=1S/C32H37F2N3O6.C28H30F2N2O4.ClH.K.H/c1-32(2,3)43-31(39)37-20-7-8-21(37)15-23(14-20)41-22-9-10-36-24(17-35-28(36)16-22)19-12-26(40-4)29(25(38)11-18-5-6-18)27(13-19)42-30(33)34;1-34-24-12-19(13-25(36-28(29)30)27(24)23(33)11-16-2-3-16)22-15-31-26-14-20(6-7-32(22)26)35-21-9-17-4-5-18(8-17)10-21;;;/h9-10,12-13,16-18,20-21,23,30H,5-8,11,14-15H2,1-4H3;6-7,12-18,21,28H,2-5,8-11H2,1H3;1H;;/q;;;+1;-1/t20-,21+,23?;17-,18+,21?;;;. The van der Waals surface area contributed by atoms with E-state index >= 15 is 0 Å². The van der Waals surface area contributed by atoms with Gasteiger partial charge in [0, 0.05) is 73.4 Å². The van der Waals surface area contributed by atoms with Gasteiger partial charge in [0.25, 0.3) is 0 Å². The fourth-order valence-electron chi connectivity index (χ4n) is 12.4. The van der Waals surface area contributed by atoms with E-state index in [-0.39, 0.29) is 154 Å². The summed E-state index contributed by atoms with van der Waals surface area (Å²) in [5, 5.41) is 0. The number of hydrogen-bond acceptors (Lipinski definition) is 12. The molecule has 81 heavy (non-hydrogen) atoms. The molecule has 0 N–H and O–H groups in total. The van der Waals surface area contributed by atoms with E-state index in [9.17, 15) is 31.9 Å². The monoisotopic (exact) mass is 1170 g/mol. The van der Waals surface area contributed by atoms with E-state index in [1.807, 2.05) is 71.1 Å². The van der Waals surface area contributed by atoms with Crippen LogP contribution in [0, 0.1) is 23.7 Å². The van der Waals surface area contributed by atoms with Crippen LogP contribution in [0.2, 0.25) is 0 Å². The summed E-state index contributed by atoms with van der Waals surface area (Å²) in [6, 6.07) is 13.9. The predicted octanol–water partition coefficient (Wildman–Crippen LogP) is 11.0. The van der Waals surface area contributed by atoms with Gasteiger partial charge in [0.1, 0.15) is 68.6 Å². The second kappa shape index (κ2) is 25.4. The molecule has 430 valence electrons. The van der Waals surface area contributed by atoms with E-state index in [4.69, 9.17) is 33.2 Å². The van der Waals surface area contributed by atoms with Crippen molar-refractivity contribution < 1.29 is 118 Å². The van der Waals surface area contributed by atoms with E-state index in [0.717, 1.165) is 81.8 Å². The van der Waals surface area contributed by atoms with Gasteiger partial charge in [-0.25, -0.2) is 14.8 Å². The van der Waals surface area contributed by atoms with Gasteiger partial charge >= 0.3 is 70.7 Å². The van der Waals surface area contributed by atoms with Crippen molar-refractivity contribution in [2.24, 2.45) is 23.7 Å². The number of alkyl halides is 4. The molecule has 2 aliphatic heterocycles.